The zero-order chi connectivity index (χ0) is 18.2. The largest absolute Gasteiger partial charge is 0.481 e. The number of halogens is 3. The number of nitrogens with zero attached hydrogens (tertiary/aromatic N) is 1. The molecule has 2 aliphatic rings. The van der Waals surface area contributed by atoms with Crippen LogP contribution in [0.2, 0.25) is 5.02 Å². The summed E-state index contributed by atoms with van der Waals surface area (Å²) in [6, 6.07) is 3.50. The molecule has 0 bridgehead atoms. The SMILES string of the molecule is O=C(Nc1ccc(OC(F)F)c(Cl)c1)N1C[C@@H]2CCC[C@@]2(C(=O)O)C1. The van der Waals surface area contributed by atoms with Crippen LogP contribution in [-0.4, -0.2) is 41.7 Å². The topological polar surface area (TPSA) is 78.9 Å². The number of carbonyl (C=O) groups excluding carboxylic acids is 1. The summed E-state index contributed by atoms with van der Waals surface area (Å²) in [7, 11) is 0. The molecule has 1 aliphatic heterocycles. The van der Waals surface area contributed by atoms with Crippen LogP contribution in [0.15, 0.2) is 18.2 Å². The quantitative estimate of drug-likeness (QED) is 0.843. The van der Waals surface area contributed by atoms with Crippen molar-refractivity contribution in [2.75, 3.05) is 18.4 Å². The lowest BCUT2D eigenvalue weighted by Crippen LogP contribution is -2.38. The number of alkyl halides is 2. The zero-order valence-corrected chi connectivity index (χ0v) is 13.9. The summed E-state index contributed by atoms with van der Waals surface area (Å²) in [6.45, 7) is -2.44. The Bertz CT molecular complexity index is 703. The van der Waals surface area contributed by atoms with Crippen LogP contribution in [0.3, 0.4) is 0 Å². The van der Waals surface area contributed by atoms with Gasteiger partial charge in [0.25, 0.3) is 0 Å². The van der Waals surface area contributed by atoms with Crippen molar-refractivity contribution >= 4 is 29.3 Å². The molecule has 2 amide bonds. The van der Waals surface area contributed by atoms with Crippen LogP contribution in [0, 0.1) is 11.3 Å². The van der Waals surface area contributed by atoms with Gasteiger partial charge in [0.05, 0.1) is 10.4 Å². The molecule has 1 saturated carbocycles. The molecule has 0 radical (unpaired) electrons. The lowest BCUT2D eigenvalue weighted by Gasteiger charge is -2.23. The second-order valence-electron chi connectivity index (χ2n) is 6.38. The van der Waals surface area contributed by atoms with Crippen molar-refractivity contribution in [3.63, 3.8) is 0 Å². The first-order chi connectivity index (χ1) is 11.8. The third-order valence-electron chi connectivity index (χ3n) is 4.98. The van der Waals surface area contributed by atoms with Crippen molar-refractivity contribution in [3.8, 4) is 5.75 Å². The summed E-state index contributed by atoms with van der Waals surface area (Å²) in [4.78, 5) is 25.5. The summed E-state index contributed by atoms with van der Waals surface area (Å²) in [5.74, 6) is -1.08. The molecule has 1 heterocycles. The Morgan fingerprint density at radius 3 is 2.80 bits per heavy atom. The van der Waals surface area contributed by atoms with Gasteiger partial charge in [0.15, 0.2) is 0 Å². The second-order valence-corrected chi connectivity index (χ2v) is 6.79. The van der Waals surface area contributed by atoms with E-state index in [9.17, 15) is 23.5 Å². The van der Waals surface area contributed by atoms with Gasteiger partial charge in [0.2, 0.25) is 0 Å². The molecule has 2 N–H and O–H groups in total. The molecule has 1 aliphatic carbocycles. The first-order valence-corrected chi connectivity index (χ1v) is 8.23. The molecule has 1 aromatic rings. The van der Waals surface area contributed by atoms with Crippen LogP contribution in [0.5, 0.6) is 5.75 Å². The van der Waals surface area contributed by atoms with Gasteiger partial charge >= 0.3 is 18.6 Å². The Kier molecular flexibility index (Phi) is 4.73. The third kappa shape index (κ3) is 3.35. The van der Waals surface area contributed by atoms with Gasteiger partial charge in [-0.1, -0.05) is 18.0 Å². The lowest BCUT2D eigenvalue weighted by molar-refractivity contribution is -0.149. The smallest absolute Gasteiger partial charge is 0.387 e. The molecule has 0 spiro atoms. The molecule has 1 aromatic carbocycles. The third-order valence-corrected chi connectivity index (χ3v) is 5.28. The highest BCUT2D eigenvalue weighted by atomic mass is 35.5. The normalized spacial score (nSPS) is 25.1. The van der Waals surface area contributed by atoms with Crippen LogP contribution < -0.4 is 10.1 Å². The zero-order valence-electron chi connectivity index (χ0n) is 13.2. The number of likely N-dealkylation sites (tertiary alicyclic amines) is 1. The Balaban J connectivity index is 1.67. The number of hydrogen-bond acceptors (Lipinski definition) is 3. The Hall–Kier alpha value is -2.09. The number of fused-ring (bicyclic) bond motifs is 1. The number of amides is 2. The van der Waals surface area contributed by atoms with E-state index in [-0.39, 0.29) is 23.2 Å². The van der Waals surface area contributed by atoms with Crippen molar-refractivity contribution < 1.29 is 28.2 Å². The maximum absolute atomic E-state index is 12.4. The molecule has 25 heavy (non-hydrogen) atoms. The van der Waals surface area contributed by atoms with Crippen molar-refractivity contribution in [1.82, 2.24) is 4.90 Å². The van der Waals surface area contributed by atoms with E-state index >= 15 is 0 Å². The minimum Gasteiger partial charge on any atom is -0.481 e. The summed E-state index contributed by atoms with van der Waals surface area (Å²) >= 11 is 5.86. The Morgan fingerprint density at radius 1 is 1.44 bits per heavy atom. The second kappa shape index (κ2) is 6.67. The fourth-order valence-corrected chi connectivity index (χ4v) is 3.99. The summed E-state index contributed by atoms with van der Waals surface area (Å²) in [5.41, 5.74) is -0.540. The van der Waals surface area contributed by atoms with E-state index in [1.54, 1.807) is 0 Å². The Morgan fingerprint density at radius 2 is 2.20 bits per heavy atom. The van der Waals surface area contributed by atoms with Gasteiger partial charge in [-0.2, -0.15) is 8.78 Å². The Labute approximate surface area is 147 Å². The fraction of sp³-hybridized carbons (Fsp3) is 0.500. The van der Waals surface area contributed by atoms with E-state index in [0.29, 0.717) is 18.7 Å². The molecule has 0 aromatic heterocycles. The van der Waals surface area contributed by atoms with E-state index in [1.165, 1.54) is 23.1 Å². The number of carboxylic acid groups (broad SMARTS) is 1. The predicted molar refractivity (Wildman–Crippen MR) is 86.1 cm³/mol. The molecule has 136 valence electrons. The highest BCUT2D eigenvalue weighted by Crippen LogP contribution is 2.49. The van der Waals surface area contributed by atoms with Gasteiger partial charge in [-0.3, -0.25) is 4.79 Å². The van der Waals surface area contributed by atoms with E-state index in [1.807, 2.05) is 0 Å². The summed E-state index contributed by atoms with van der Waals surface area (Å²) in [6.07, 6.45) is 2.22. The van der Waals surface area contributed by atoms with E-state index in [2.05, 4.69) is 10.1 Å². The van der Waals surface area contributed by atoms with Crippen molar-refractivity contribution in [3.05, 3.63) is 23.2 Å². The van der Waals surface area contributed by atoms with Crippen LogP contribution in [0.1, 0.15) is 19.3 Å². The summed E-state index contributed by atoms with van der Waals surface area (Å²) in [5, 5.41) is 12.1. The average molecular weight is 375 g/mol. The van der Waals surface area contributed by atoms with Crippen molar-refractivity contribution in [2.24, 2.45) is 11.3 Å². The van der Waals surface area contributed by atoms with Crippen molar-refractivity contribution in [2.45, 2.75) is 25.9 Å². The number of ether oxygens (including phenoxy) is 1. The van der Waals surface area contributed by atoms with Gasteiger partial charge in [0.1, 0.15) is 5.75 Å². The summed E-state index contributed by atoms with van der Waals surface area (Å²) < 4.78 is 28.7. The molecule has 1 saturated heterocycles. The van der Waals surface area contributed by atoms with Crippen LogP contribution in [0.25, 0.3) is 0 Å². The maximum Gasteiger partial charge on any atom is 0.387 e. The van der Waals surface area contributed by atoms with Crippen molar-refractivity contribution in [1.29, 1.82) is 0 Å². The number of nitrogens with one attached hydrogen (secondary N) is 1. The maximum atomic E-state index is 12.4. The highest BCUT2D eigenvalue weighted by Gasteiger charge is 2.55. The number of urea groups is 1. The number of hydrogen-bond donors (Lipinski definition) is 2. The van der Waals surface area contributed by atoms with Gasteiger partial charge < -0.3 is 20.1 Å². The van der Waals surface area contributed by atoms with Crippen LogP contribution >= 0.6 is 11.6 Å². The van der Waals surface area contributed by atoms with E-state index < -0.39 is 24.0 Å². The molecule has 0 unspecified atom stereocenters. The van der Waals surface area contributed by atoms with Gasteiger partial charge in [-0.25, -0.2) is 4.79 Å². The monoisotopic (exact) mass is 374 g/mol. The van der Waals surface area contributed by atoms with Crippen LogP contribution in [-0.2, 0) is 4.79 Å². The number of carbonyl (C=O) groups is 2. The molecular formula is C16H17ClF2N2O4. The molecule has 9 heteroatoms. The van der Waals surface area contributed by atoms with Gasteiger partial charge in [-0.15, -0.1) is 0 Å². The minimum atomic E-state index is -2.99. The fourth-order valence-electron chi connectivity index (χ4n) is 3.77. The first-order valence-electron chi connectivity index (χ1n) is 7.85. The van der Waals surface area contributed by atoms with E-state index in [4.69, 9.17) is 11.6 Å². The number of rotatable bonds is 4. The molecule has 6 nitrogen and oxygen atoms in total. The van der Waals surface area contributed by atoms with Crippen LogP contribution in [0.4, 0.5) is 19.3 Å². The van der Waals surface area contributed by atoms with Gasteiger partial charge in [-0.05, 0) is 37.0 Å². The molecule has 2 fully saturated rings. The minimum absolute atomic E-state index is 0.0406. The molecular weight excluding hydrogens is 358 g/mol. The molecule has 3 rings (SSSR count). The number of anilines is 1. The average Bonchev–Trinajstić information content (AvgIpc) is 3.07. The first kappa shape index (κ1) is 17.7. The van der Waals surface area contributed by atoms with Gasteiger partial charge in [0, 0.05) is 18.8 Å². The number of aliphatic carboxylic acids is 1. The molecule has 2 atom stereocenters. The standard InChI is InChI=1S/C16H17ClF2N2O4/c17-11-6-10(3-4-12(11)25-14(18)19)20-15(24)21-7-9-2-1-5-16(9,8-21)13(22)23/h3-4,6,9,14H,1-2,5,7-8H2,(H,20,24)(H,22,23)/t9-,16+/m0/s1. The number of benzene rings is 1. The lowest BCUT2D eigenvalue weighted by atomic mass is 9.81. The van der Waals surface area contributed by atoms with E-state index in [0.717, 1.165) is 12.8 Å². The highest BCUT2D eigenvalue weighted by molar-refractivity contribution is 6.32. The number of carboxylic acids is 1. The predicted octanol–water partition coefficient (Wildman–Crippen LogP) is 3.66.